The van der Waals surface area contributed by atoms with Gasteiger partial charge in [0, 0.05) is 63.1 Å². The highest BCUT2D eigenvalue weighted by Gasteiger charge is 2.21. The number of aromatic nitrogens is 3. The van der Waals surface area contributed by atoms with Crippen LogP contribution in [-0.4, -0.2) is 51.7 Å². The first-order valence-corrected chi connectivity index (χ1v) is 9.86. The van der Waals surface area contributed by atoms with E-state index in [4.69, 9.17) is 4.98 Å². The van der Waals surface area contributed by atoms with E-state index in [0.717, 1.165) is 59.7 Å². The lowest BCUT2D eigenvalue weighted by atomic mass is 10.0. The molecule has 6 heteroatoms. The Bertz CT molecular complexity index is 1060. The molecule has 3 aromatic rings. The molecule has 0 unspecified atom stereocenters. The largest absolute Gasteiger partial charge is 0.338 e. The van der Waals surface area contributed by atoms with Crippen LogP contribution in [0.5, 0.6) is 0 Å². The monoisotopic (exact) mass is 377 g/mol. The maximum absolute atomic E-state index is 11.7. The molecule has 0 atom stereocenters. The Morgan fingerprint density at radius 2 is 1.79 bits per heavy atom. The summed E-state index contributed by atoms with van der Waals surface area (Å²) >= 11 is 0. The van der Waals surface area contributed by atoms with E-state index < -0.39 is 0 Å². The van der Waals surface area contributed by atoms with Crippen molar-refractivity contribution in [1.82, 2.24) is 19.4 Å². The lowest BCUT2D eigenvalue weighted by Gasteiger charge is -2.36. The number of piperazine rings is 1. The van der Waals surface area contributed by atoms with Crippen LogP contribution in [0.1, 0.15) is 19.4 Å². The molecule has 0 N–H and O–H groups in total. The van der Waals surface area contributed by atoms with Crippen molar-refractivity contribution >= 4 is 16.9 Å². The summed E-state index contributed by atoms with van der Waals surface area (Å²) in [5.74, 6) is 0.814. The van der Waals surface area contributed by atoms with Crippen molar-refractivity contribution in [3.8, 4) is 11.1 Å². The van der Waals surface area contributed by atoms with Gasteiger partial charge in [0.2, 0.25) is 11.5 Å². The molecule has 146 valence electrons. The average Bonchev–Trinajstić information content (AvgIpc) is 2.70. The van der Waals surface area contributed by atoms with Crippen molar-refractivity contribution in [1.29, 1.82) is 0 Å². The van der Waals surface area contributed by atoms with E-state index in [2.05, 4.69) is 47.7 Å². The predicted molar refractivity (Wildman–Crippen MR) is 114 cm³/mol. The lowest BCUT2D eigenvalue weighted by Crippen LogP contribution is -2.49. The second-order valence-corrected chi connectivity index (χ2v) is 7.88. The third-order valence-corrected chi connectivity index (χ3v) is 5.61. The van der Waals surface area contributed by atoms with E-state index in [1.165, 1.54) is 0 Å². The van der Waals surface area contributed by atoms with E-state index in [0.29, 0.717) is 6.04 Å². The van der Waals surface area contributed by atoms with Gasteiger partial charge in [0.05, 0.1) is 5.52 Å². The van der Waals surface area contributed by atoms with Crippen LogP contribution >= 0.6 is 0 Å². The van der Waals surface area contributed by atoms with Crippen LogP contribution in [0, 0.1) is 6.92 Å². The highest BCUT2D eigenvalue weighted by Crippen LogP contribution is 2.27. The molecule has 0 amide bonds. The number of pyridine rings is 1. The molecule has 1 saturated heterocycles. The molecule has 6 nitrogen and oxygen atoms in total. The van der Waals surface area contributed by atoms with Gasteiger partial charge in [-0.3, -0.25) is 9.69 Å². The zero-order chi connectivity index (χ0) is 19.8. The van der Waals surface area contributed by atoms with Gasteiger partial charge in [0.15, 0.2) is 0 Å². The van der Waals surface area contributed by atoms with E-state index >= 15 is 0 Å². The van der Waals surface area contributed by atoms with Crippen LogP contribution in [0.2, 0.25) is 0 Å². The maximum Gasteiger partial charge on any atom is 0.250 e. The van der Waals surface area contributed by atoms with Gasteiger partial charge < -0.3 is 9.47 Å². The molecule has 1 aliphatic rings. The van der Waals surface area contributed by atoms with Crippen LogP contribution in [0.15, 0.2) is 41.5 Å². The molecule has 1 fully saturated rings. The van der Waals surface area contributed by atoms with Crippen LogP contribution in [-0.2, 0) is 7.05 Å². The summed E-state index contributed by atoms with van der Waals surface area (Å²) in [7, 11) is 1.77. The van der Waals surface area contributed by atoms with Crippen molar-refractivity contribution < 1.29 is 0 Å². The van der Waals surface area contributed by atoms with Gasteiger partial charge in [-0.15, -0.1) is 0 Å². The highest BCUT2D eigenvalue weighted by atomic mass is 16.1. The number of rotatable bonds is 3. The quantitative estimate of drug-likeness (QED) is 0.703. The molecule has 1 aliphatic heterocycles. The minimum absolute atomic E-state index is 0.00759. The Labute approximate surface area is 165 Å². The van der Waals surface area contributed by atoms with Crippen LogP contribution < -0.4 is 10.5 Å². The third kappa shape index (κ3) is 3.52. The molecular formula is C22H27N5O. The van der Waals surface area contributed by atoms with E-state index in [1.807, 2.05) is 18.5 Å². The number of aryl methyl sites for hydroxylation is 2. The minimum atomic E-state index is -0.00759. The molecule has 0 bridgehead atoms. The first-order chi connectivity index (χ1) is 13.4. The number of hydrogen-bond donors (Lipinski definition) is 0. The van der Waals surface area contributed by atoms with Crippen LogP contribution in [0.4, 0.5) is 5.95 Å². The first-order valence-electron chi connectivity index (χ1n) is 9.86. The Hall–Kier alpha value is -2.73. The van der Waals surface area contributed by atoms with Gasteiger partial charge in [-0.1, -0.05) is 0 Å². The molecule has 0 saturated carbocycles. The minimum Gasteiger partial charge on any atom is -0.338 e. The van der Waals surface area contributed by atoms with Crippen molar-refractivity contribution in [3.63, 3.8) is 0 Å². The van der Waals surface area contributed by atoms with Gasteiger partial charge >= 0.3 is 0 Å². The molecule has 4 rings (SSSR count). The molecule has 3 heterocycles. The van der Waals surface area contributed by atoms with Gasteiger partial charge in [-0.2, -0.15) is 0 Å². The smallest absolute Gasteiger partial charge is 0.250 e. The van der Waals surface area contributed by atoms with Crippen LogP contribution in [0.25, 0.3) is 22.0 Å². The summed E-state index contributed by atoms with van der Waals surface area (Å²) in [6, 6.07) is 8.29. The SMILES string of the molecule is Cc1cc(-c2ccc(=O)n(C)c2)cc2cnc(N3CCN(C(C)C)CC3)nc12. The topological polar surface area (TPSA) is 54.3 Å². The molecule has 0 radical (unpaired) electrons. The number of anilines is 1. The summed E-state index contributed by atoms with van der Waals surface area (Å²) in [6.45, 7) is 10.6. The fraction of sp³-hybridized carbons (Fsp3) is 0.409. The Balaban J connectivity index is 1.65. The summed E-state index contributed by atoms with van der Waals surface area (Å²) in [6.07, 6.45) is 3.79. The number of benzene rings is 1. The fourth-order valence-corrected chi connectivity index (χ4v) is 3.84. The third-order valence-electron chi connectivity index (χ3n) is 5.61. The second-order valence-electron chi connectivity index (χ2n) is 7.88. The molecule has 0 aliphatic carbocycles. The highest BCUT2D eigenvalue weighted by molar-refractivity contribution is 5.87. The second kappa shape index (κ2) is 7.36. The van der Waals surface area contributed by atoms with E-state index in [9.17, 15) is 4.79 Å². The lowest BCUT2D eigenvalue weighted by molar-refractivity contribution is 0.208. The average molecular weight is 377 g/mol. The summed E-state index contributed by atoms with van der Waals surface area (Å²) < 4.78 is 1.60. The molecule has 2 aromatic heterocycles. The van der Waals surface area contributed by atoms with Gasteiger partial charge in [-0.05, 0) is 55.7 Å². The summed E-state index contributed by atoms with van der Waals surface area (Å²) in [5.41, 5.74) is 4.19. The fourth-order valence-electron chi connectivity index (χ4n) is 3.84. The van der Waals surface area contributed by atoms with Crippen molar-refractivity contribution in [2.24, 2.45) is 7.05 Å². The zero-order valence-electron chi connectivity index (χ0n) is 17.0. The Morgan fingerprint density at radius 3 is 2.46 bits per heavy atom. The Kier molecular flexibility index (Phi) is 4.89. The normalized spacial score (nSPS) is 15.5. The summed E-state index contributed by atoms with van der Waals surface area (Å²) in [4.78, 5) is 26.0. The number of fused-ring (bicyclic) bond motifs is 1. The first kappa shape index (κ1) is 18.6. The van der Waals surface area contributed by atoms with Gasteiger partial charge in [-0.25, -0.2) is 9.97 Å². The van der Waals surface area contributed by atoms with Gasteiger partial charge in [0.1, 0.15) is 0 Å². The van der Waals surface area contributed by atoms with E-state index in [-0.39, 0.29) is 5.56 Å². The van der Waals surface area contributed by atoms with Gasteiger partial charge in [0.25, 0.3) is 0 Å². The summed E-state index contributed by atoms with van der Waals surface area (Å²) in [5, 5.41) is 1.02. The number of nitrogens with zero attached hydrogens (tertiary/aromatic N) is 5. The maximum atomic E-state index is 11.7. The number of hydrogen-bond acceptors (Lipinski definition) is 5. The predicted octanol–water partition coefficient (Wildman–Crippen LogP) is 2.83. The van der Waals surface area contributed by atoms with Crippen LogP contribution in [0.3, 0.4) is 0 Å². The molecular weight excluding hydrogens is 350 g/mol. The van der Waals surface area contributed by atoms with E-state index in [1.54, 1.807) is 17.7 Å². The molecule has 1 aromatic carbocycles. The van der Waals surface area contributed by atoms with Crippen molar-refractivity contribution in [3.05, 3.63) is 52.6 Å². The molecule has 28 heavy (non-hydrogen) atoms. The standard InChI is InChI=1S/C22H27N5O/c1-15(2)26-7-9-27(10-8-26)22-23-13-19-12-18(11-16(3)21(19)24-22)17-5-6-20(28)25(4)14-17/h5-6,11-15H,7-10H2,1-4H3. The Morgan fingerprint density at radius 1 is 1.04 bits per heavy atom. The van der Waals surface area contributed by atoms with Crippen molar-refractivity contribution in [2.45, 2.75) is 26.8 Å². The molecule has 0 spiro atoms. The zero-order valence-corrected chi connectivity index (χ0v) is 17.0. The van der Waals surface area contributed by atoms with Crippen molar-refractivity contribution in [2.75, 3.05) is 31.1 Å².